The van der Waals surface area contributed by atoms with Crippen LogP contribution in [0.1, 0.15) is 17.2 Å². The molecule has 1 unspecified atom stereocenters. The van der Waals surface area contributed by atoms with E-state index in [1.807, 2.05) is 0 Å². The van der Waals surface area contributed by atoms with E-state index in [4.69, 9.17) is 11.6 Å². The van der Waals surface area contributed by atoms with E-state index in [1.54, 1.807) is 42.5 Å². The molecule has 1 atom stereocenters. The maximum absolute atomic E-state index is 12.3. The van der Waals surface area contributed by atoms with Crippen LogP contribution in [0.3, 0.4) is 0 Å². The van der Waals surface area contributed by atoms with Crippen molar-refractivity contribution < 1.29 is 18.6 Å². The van der Waals surface area contributed by atoms with E-state index in [1.165, 1.54) is 6.07 Å². The third kappa shape index (κ3) is 3.68. The van der Waals surface area contributed by atoms with Crippen molar-refractivity contribution in [2.45, 2.75) is 19.1 Å². The highest BCUT2D eigenvalue weighted by Crippen LogP contribution is 2.30. The summed E-state index contributed by atoms with van der Waals surface area (Å²) < 4.78 is 29.1. The van der Waals surface area contributed by atoms with E-state index >= 15 is 0 Å². The second-order valence-electron chi connectivity index (χ2n) is 4.23. The summed E-state index contributed by atoms with van der Waals surface area (Å²) in [5, 5.41) is 10.7. The predicted molar refractivity (Wildman–Crippen MR) is 73.2 cm³/mol. The number of alkyl halides is 2. The van der Waals surface area contributed by atoms with Crippen LogP contribution in [0.2, 0.25) is 5.02 Å². The quantitative estimate of drug-likeness (QED) is 0.895. The molecular formula is C15H13ClF2O2. The van der Waals surface area contributed by atoms with Gasteiger partial charge in [0.2, 0.25) is 0 Å². The molecule has 0 spiro atoms. The molecule has 0 heterocycles. The Morgan fingerprint density at radius 2 is 1.70 bits per heavy atom. The molecule has 0 aliphatic rings. The van der Waals surface area contributed by atoms with E-state index in [2.05, 4.69) is 4.74 Å². The van der Waals surface area contributed by atoms with E-state index < -0.39 is 12.7 Å². The lowest BCUT2D eigenvalue weighted by atomic mass is 10.0. The summed E-state index contributed by atoms with van der Waals surface area (Å²) in [4.78, 5) is 0. The molecule has 0 saturated carbocycles. The van der Waals surface area contributed by atoms with Gasteiger partial charge in [-0.15, -0.1) is 0 Å². The molecule has 2 rings (SSSR count). The summed E-state index contributed by atoms with van der Waals surface area (Å²) in [7, 11) is 0. The van der Waals surface area contributed by atoms with Crippen molar-refractivity contribution in [3.63, 3.8) is 0 Å². The Kier molecular flexibility index (Phi) is 4.93. The smallest absolute Gasteiger partial charge is 0.387 e. The SMILES string of the molecule is OC(Cc1ccccc1Cl)c1ccccc1OC(F)F. The summed E-state index contributed by atoms with van der Waals surface area (Å²) in [6, 6.07) is 13.3. The number of ether oxygens (including phenoxy) is 1. The maximum atomic E-state index is 12.3. The molecule has 0 fully saturated rings. The monoisotopic (exact) mass is 298 g/mol. The summed E-state index contributed by atoms with van der Waals surface area (Å²) >= 11 is 6.02. The Hall–Kier alpha value is -1.65. The van der Waals surface area contributed by atoms with Gasteiger partial charge in [0.25, 0.3) is 0 Å². The third-order valence-corrected chi connectivity index (χ3v) is 3.23. The molecule has 0 radical (unpaired) electrons. The molecular weight excluding hydrogens is 286 g/mol. The van der Waals surface area contributed by atoms with Crippen LogP contribution in [-0.2, 0) is 6.42 Å². The van der Waals surface area contributed by atoms with Gasteiger partial charge in [-0.1, -0.05) is 48.0 Å². The minimum absolute atomic E-state index is 0.0259. The van der Waals surface area contributed by atoms with Crippen LogP contribution < -0.4 is 4.74 Å². The maximum Gasteiger partial charge on any atom is 0.387 e. The highest BCUT2D eigenvalue weighted by Gasteiger charge is 2.17. The fourth-order valence-electron chi connectivity index (χ4n) is 1.94. The first-order chi connectivity index (χ1) is 9.58. The van der Waals surface area contributed by atoms with Gasteiger partial charge in [-0.2, -0.15) is 8.78 Å². The normalized spacial score (nSPS) is 12.4. The van der Waals surface area contributed by atoms with Crippen molar-refractivity contribution in [3.8, 4) is 5.75 Å². The predicted octanol–water partition coefficient (Wildman–Crippen LogP) is 4.22. The van der Waals surface area contributed by atoms with Crippen LogP contribution in [0.4, 0.5) is 8.78 Å². The van der Waals surface area contributed by atoms with Gasteiger partial charge in [-0.3, -0.25) is 0 Å². The molecule has 0 aliphatic carbocycles. The molecule has 20 heavy (non-hydrogen) atoms. The van der Waals surface area contributed by atoms with E-state index in [0.717, 1.165) is 5.56 Å². The molecule has 2 aromatic rings. The minimum Gasteiger partial charge on any atom is -0.434 e. The summed E-state index contributed by atoms with van der Waals surface area (Å²) in [5.41, 5.74) is 1.06. The van der Waals surface area contributed by atoms with Gasteiger partial charge in [-0.05, 0) is 17.7 Å². The number of hydrogen-bond acceptors (Lipinski definition) is 2. The largest absolute Gasteiger partial charge is 0.434 e. The second-order valence-corrected chi connectivity index (χ2v) is 4.63. The third-order valence-electron chi connectivity index (χ3n) is 2.87. The Bertz CT molecular complexity index is 575. The van der Waals surface area contributed by atoms with Crippen LogP contribution in [-0.4, -0.2) is 11.7 Å². The zero-order valence-corrected chi connectivity index (χ0v) is 11.2. The van der Waals surface area contributed by atoms with Crippen LogP contribution in [0.15, 0.2) is 48.5 Å². The summed E-state index contributed by atoms with van der Waals surface area (Å²) in [5.74, 6) is -0.0259. The zero-order chi connectivity index (χ0) is 14.5. The molecule has 106 valence electrons. The fourth-order valence-corrected chi connectivity index (χ4v) is 2.15. The summed E-state index contributed by atoms with van der Waals surface area (Å²) in [6.07, 6.45) is -0.742. The Morgan fingerprint density at radius 3 is 2.40 bits per heavy atom. The first-order valence-electron chi connectivity index (χ1n) is 6.03. The van der Waals surface area contributed by atoms with Crippen molar-refractivity contribution >= 4 is 11.6 Å². The van der Waals surface area contributed by atoms with Crippen LogP contribution in [0.25, 0.3) is 0 Å². The van der Waals surface area contributed by atoms with Gasteiger partial charge in [0.15, 0.2) is 0 Å². The summed E-state index contributed by atoms with van der Waals surface area (Å²) in [6.45, 7) is -2.93. The number of benzene rings is 2. The number of hydrogen-bond donors (Lipinski definition) is 1. The standard InChI is InChI=1S/C15H13ClF2O2/c16-12-7-3-1-5-10(12)9-13(19)11-6-2-4-8-14(11)20-15(17)18/h1-8,13,15,19H,9H2. The number of para-hydroxylation sites is 1. The Balaban J connectivity index is 2.21. The van der Waals surface area contributed by atoms with Crippen LogP contribution in [0, 0.1) is 0 Å². The second kappa shape index (κ2) is 6.68. The van der Waals surface area contributed by atoms with Crippen LogP contribution in [0.5, 0.6) is 5.75 Å². The van der Waals surface area contributed by atoms with Crippen molar-refractivity contribution in [1.82, 2.24) is 0 Å². The molecule has 2 aromatic carbocycles. The molecule has 0 amide bonds. The molecule has 0 aliphatic heterocycles. The number of aliphatic hydroxyl groups excluding tert-OH is 1. The van der Waals surface area contributed by atoms with Gasteiger partial charge in [0, 0.05) is 17.0 Å². The average molecular weight is 299 g/mol. The molecule has 0 aromatic heterocycles. The number of halogens is 3. The highest BCUT2D eigenvalue weighted by molar-refractivity contribution is 6.31. The van der Waals surface area contributed by atoms with Crippen LogP contribution >= 0.6 is 11.6 Å². The van der Waals surface area contributed by atoms with Crippen molar-refractivity contribution in [1.29, 1.82) is 0 Å². The lowest BCUT2D eigenvalue weighted by Crippen LogP contribution is -2.08. The lowest BCUT2D eigenvalue weighted by Gasteiger charge is -2.16. The molecule has 0 saturated heterocycles. The average Bonchev–Trinajstić information content (AvgIpc) is 2.41. The Morgan fingerprint density at radius 1 is 1.05 bits per heavy atom. The molecule has 5 heteroatoms. The van der Waals surface area contributed by atoms with Gasteiger partial charge >= 0.3 is 6.61 Å². The number of rotatable bonds is 5. The van der Waals surface area contributed by atoms with Gasteiger partial charge in [0.1, 0.15) is 5.75 Å². The van der Waals surface area contributed by atoms with Gasteiger partial charge < -0.3 is 9.84 Å². The zero-order valence-electron chi connectivity index (χ0n) is 10.5. The topological polar surface area (TPSA) is 29.5 Å². The van der Waals surface area contributed by atoms with E-state index in [9.17, 15) is 13.9 Å². The highest BCUT2D eigenvalue weighted by atomic mass is 35.5. The van der Waals surface area contributed by atoms with E-state index in [-0.39, 0.29) is 12.2 Å². The lowest BCUT2D eigenvalue weighted by molar-refractivity contribution is -0.0515. The fraction of sp³-hybridized carbons (Fsp3) is 0.200. The van der Waals surface area contributed by atoms with Crippen molar-refractivity contribution in [2.75, 3.05) is 0 Å². The van der Waals surface area contributed by atoms with E-state index in [0.29, 0.717) is 10.6 Å². The number of aliphatic hydroxyl groups is 1. The molecule has 1 N–H and O–H groups in total. The first-order valence-corrected chi connectivity index (χ1v) is 6.41. The minimum atomic E-state index is -2.93. The Labute approximate surface area is 120 Å². The van der Waals surface area contributed by atoms with Crippen molar-refractivity contribution in [2.24, 2.45) is 0 Å². The van der Waals surface area contributed by atoms with Crippen molar-refractivity contribution in [3.05, 3.63) is 64.7 Å². The van der Waals surface area contributed by atoms with Gasteiger partial charge in [0.05, 0.1) is 6.10 Å². The van der Waals surface area contributed by atoms with Gasteiger partial charge in [-0.25, -0.2) is 0 Å². The molecule has 2 nitrogen and oxygen atoms in total. The first kappa shape index (κ1) is 14.8. The molecule has 0 bridgehead atoms.